The van der Waals surface area contributed by atoms with E-state index >= 15 is 0 Å². The Balaban J connectivity index is 1.31. The highest BCUT2D eigenvalue weighted by molar-refractivity contribution is 5.94. The van der Waals surface area contributed by atoms with Crippen LogP contribution in [0.1, 0.15) is 16.8 Å². The molecule has 0 bridgehead atoms. The molecule has 1 fully saturated rings. The molecule has 1 N–H and O–H groups in total. The molecule has 4 rings (SSSR count). The summed E-state index contributed by atoms with van der Waals surface area (Å²) in [6.07, 6.45) is 1.11. The number of nitrogens with one attached hydrogen (secondary N) is 1. The summed E-state index contributed by atoms with van der Waals surface area (Å²) in [6.45, 7) is 2.77. The minimum Gasteiger partial charge on any atom is -0.371 e. The molecule has 0 aliphatic carbocycles. The van der Waals surface area contributed by atoms with Crippen LogP contribution in [-0.2, 0) is 0 Å². The van der Waals surface area contributed by atoms with Crippen LogP contribution < -0.4 is 10.2 Å². The molecular formula is C24H24N2O. The van der Waals surface area contributed by atoms with Gasteiger partial charge in [0.25, 0.3) is 5.91 Å². The van der Waals surface area contributed by atoms with Crippen molar-refractivity contribution in [3.8, 4) is 11.1 Å². The molecule has 1 amide bonds. The molecule has 0 spiro atoms. The van der Waals surface area contributed by atoms with Crippen molar-refractivity contribution in [3.63, 3.8) is 0 Å². The highest BCUT2D eigenvalue weighted by Gasteiger charge is 2.23. The number of hydrogen-bond acceptors (Lipinski definition) is 2. The van der Waals surface area contributed by atoms with E-state index in [0.29, 0.717) is 11.5 Å². The van der Waals surface area contributed by atoms with Crippen LogP contribution in [0.4, 0.5) is 5.69 Å². The average Bonchev–Trinajstić information content (AvgIpc) is 3.22. The lowest BCUT2D eigenvalue weighted by Crippen LogP contribution is -2.31. The highest BCUT2D eigenvalue weighted by atomic mass is 16.1. The lowest BCUT2D eigenvalue weighted by molar-refractivity contribution is 0.0948. The van der Waals surface area contributed by atoms with E-state index in [9.17, 15) is 4.79 Å². The molecule has 1 saturated heterocycles. The standard InChI is InChI=1S/C24H24N2O/c27-24(22-13-11-21(12-14-22)20-7-3-1-4-8-20)25-17-19-15-16-26(18-19)23-9-5-2-6-10-23/h1-14,19H,15-18H2,(H,25,27)/t19-/m0/s1. The Morgan fingerprint density at radius 1 is 0.852 bits per heavy atom. The van der Waals surface area contributed by atoms with E-state index in [4.69, 9.17) is 0 Å². The number of carbonyl (C=O) groups excluding carboxylic acids is 1. The van der Waals surface area contributed by atoms with Crippen molar-refractivity contribution < 1.29 is 4.79 Å². The molecule has 3 nitrogen and oxygen atoms in total. The van der Waals surface area contributed by atoms with Crippen LogP contribution in [0.15, 0.2) is 84.9 Å². The van der Waals surface area contributed by atoms with E-state index in [0.717, 1.165) is 37.2 Å². The Morgan fingerprint density at radius 3 is 2.19 bits per heavy atom. The first-order chi connectivity index (χ1) is 13.3. The number of amides is 1. The maximum Gasteiger partial charge on any atom is 0.251 e. The monoisotopic (exact) mass is 356 g/mol. The van der Waals surface area contributed by atoms with E-state index in [2.05, 4.69) is 46.6 Å². The van der Waals surface area contributed by atoms with Gasteiger partial charge >= 0.3 is 0 Å². The third kappa shape index (κ3) is 4.20. The van der Waals surface area contributed by atoms with Crippen molar-refractivity contribution in [3.05, 3.63) is 90.5 Å². The molecule has 1 heterocycles. The number of nitrogens with zero attached hydrogens (tertiary/aromatic N) is 1. The molecule has 1 aliphatic rings. The second kappa shape index (κ2) is 8.09. The van der Waals surface area contributed by atoms with Crippen molar-refractivity contribution in [2.45, 2.75) is 6.42 Å². The maximum atomic E-state index is 12.5. The van der Waals surface area contributed by atoms with Crippen LogP contribution >= 0.6 is 0 Å². The Morgan fingerprint density at radius 2 is 1.48 bits per heavy atom. The van der Waals surface area contributed by atoms with Crippen molar-refractivity contribution in [1.82, 2.24) is 5.32 Å². The van der Waals surface area contributed by atoms with Crippen LogP contribution in [0.25, 0.3) is 11.1 Å². The minimum atomic E-state index is 0.00720. The molecular weight excluding hydrogens is 332 g/mol. The van der Waals surface area contributed by atoms with Crippen molar-refractivity contribution in [2.24, 2.45) is 5.92 Å². The highest BCUT2D eigenvalue weighted by Crippen LogP contribution is 2.23. The summed E-state index contributed by atoms with van der Waals surface area (Å²) in [5.74, 6) is 0.505. The van der Waals surface area contributed by atoms with Gasteiger partial charge in [0.1, 0.15) is 0 Å². The van der Waals surface area contributed by atoms with Crippen LogP contribution in [0, 0.1) is 5.92 Å². The largest absolute Gasteiger partial charge is 0.371 e. The summed E-state index contributed by atoms with van der Waals surface area (Å²) in [7, 11) is 0. The molecule has 27 heavy (non-hydrogen) atoms. The number of rotatable bonds is 5. The van der Waals surface area contributed by atoms with Gasteiger partial charge in [-0.15, -0.1) is 0 Å². The Labute approximate surface area is 160 Å². The Hall–Kier alpha value is -3.07. The second-order valence-electron chi connectivity index (χ2n) is 7.09. The van der Waals surface area contributed by atoms with E-state index in [1.54, 1.807) is 0 Å². The van der Waals surface area contributed by atoms with Gasteiger partial charge in [0.05, 0.1) is 0 Å². The summed E-state index contributed by atoms with van der Waals surface area (Å²) in [6, 6.07) is 28.5. The van der Waals surface area contributed by atoms with Crippen molar-refractivity contribution in [2.75, 3.05) is 24.5 Å². The van der Waals surface area contributed by atoms with Crippen LogP contribution in [0.3, 0.4) is 0 Å². The topological polar surface area (TPSA) is 32.3 Å². The normalized spacial score (nSPS) is 16.3. The van der Waals surface area contributed by atoms with Crippen molar-refractivity contribution in [1.29, 1.82) is 0 Å². The van der Waals surface area contributed by atoms with Gasteiger partial charge in [-0.1, -0.05) is 60.7 Å². The lowest BCUT2D eigenvalue weighted by atomic mass is 10.0. The van der Waals surface area contributed by atoms with E-state index in [-0.39, 0.29) is 5.91 Å². The van der Waals surface area contributed by atoms with Gasteiger partial charge in [0, 0.05) is 30.9 Å². The molecule has 3 heteroatoms. The van der Waals surface area contributed by atoms with Gasteiger partial charge in [-0.3, -0.25) is 4.79 Å². The number of hydrogen-bond donors (Lipinski definition) is 1. The molecule has 3 aromatic carbocycles. The van der Waals surface area contributed by atoms with Crippen molar-refractivity contribution >= 4 is 11.6 Å². The smallest absolute Gasteiger partial charge is 0.251 e. The first-order valence-corrected chi connectivity index (χ1v) is 9.53. The average molecular weight is 356 g/mol. The predicted octanol–water partition coefficient (Wildman–Crippen LogP) is 4.61. The third-order valence-electron chi connectivity index (χ3n) is 5.21. The summed E-state index contributed by atoms with van der Waals surface area (Å²) in [4.78, 5) is 14.9. The van der Waals surface area contributed by atoms with Gasteiger partial charge in [-0.05, 0) is 47.7 Å². The maximum absolute atomic E-state index is 12.5. The van der Waals surface area contributed by atoms with Gasteiger partial charge in [0.15, 0.2) is 0 Å². The molecule has 0 radical (unpaired) electrons. The van der Waals surface area contributed by atoms with Gasteiger partial charge in [-0.2, -0.15) is 0 Å². The van der Waals surface area contributed by atoms with E-state index < -0.39 is 0 Å². The minimum absolute atomic E-state index is 0.00720. The van der Waals surface area contributed by atoms with Gasteiger partial charge in [0.2, 0.25) is 0 Å². The van der Waals surface area contributed by atoms with Crippen LogP contribution in [-0.4, -0.2) is 25.5 Å². The summed E-state index contributed by atoms with van der Waals surface area (Å²) in [5, 5.41) is 3.11. The Bertz CT molecular complexity index is 875. The van der Waals surface area contributed by atoms with Crippen LogP contribution in [0.5, 0.6) is 0 Å². The first-order valence-electron chi connectivity index (χ1n) is 9.53. The Kier molecular flexibility index (Phi) is 5.20. The fraction of sp³-hybridized carbons (Fsp3) is 0.208. The van der Waals surface area contributed by atoms with E-state index in [1.807, 2.05) is 48.5 Å². The second-order valence-corrected chi connectivity index (χ2v) is 7.09. The van der Waals surface area contributed by atoms with Gasteiger partial charge < -0.3 is 10.2 Å². The zero-order valence-corrected chi connectivity index (χ0v) is 15.3. The molecule has 0 unspecified atom stereocenters. The van der Waals surface area contributed by atoms with E-state index in [1.165, 1.54) is 5.69 Å². The van der Waals surface area contributed by atoms with Crippen LogP contribution in [0.2, 0.25) is 0 Å². The SMILES string of the molecule is O=C(NC[C@@H]1CCN(c2ccccc2)C1)c1ccc(-c2ccccc2)cc1. The zero-order chi connectivity index (χ0) is 18.5. The fourth-order valence-electron chi connectivity index (χ4n) is 3.66. The number of carbonyl (C=O) groups is 1. The summed E-state index contributed by atoms with van der Waals surface area (Å²) >= 11 is 0. The zero-order valence-electron chi connectivity index (χ0n) is 15.3. The molecule has 3 aromatic rings. The fourth-order valence-corrected chi connectivity index (χ4v) is 3.66. The molecule has 1 atom stereocenters. The summed E-state index contributed by atoms with van der Waals surface area (Å²) < 4.78 is 0. The molecule has 136 valence electrons. The number of para-hydroxylation sites is 1. The quantitative estimate of drug-likeness (QED) is 0.724. The van der Waals surface area contributed by atoms with Gasteiger partial charge in [-0.25, -0.2) is 0 Å². The first kappa shape index (κ1) is 17.3. The number of benzene rings is 3. The predicted molar refractivity (Wildman–Crippen MR) is 111 cm³/mol. The molecule has 0 aromatic heterocycles. The lowest BCUT2D eigenvalue weighted by Gasteiger charge is -2.18. The molecule has 0 saturated carbocycles. The number of anilines is 1. The third-order valence-corrected chi connectivity index (χ3v) is 5.21. The summed E-state index contributed by atoms with van der Waals surface area (Å²) in [5.41, 5.74) is 4.27. The molecule has 1 aliphatic heterocycles.